The maximum absolute atomic E-state index is 6.27. The second kappa shape index (κ2) is 5.96. The van der Waals surface area contributed by atoms with Crippen LogP contribution in [0, 0.1) is 0 Å². The van der Waals surface area contributed by atoms with Crippen LogP contribution in [-0.2, 0) is 4.74 Å². The Balaban J connectivity index is 1.71. The van der Waals surface area contributed by atoms with E-state index in [0.717, 1.165) is 42.9 Å². The zero-order valence-electron chi connectivity index (χ0n) is 12.0. The maximum atomic E-state index is 6.27. The molecule has 1 aromatic rings. The van der Waals surface area contributed by atoms with Gasteiger partial charge in [-0.2, -0.15) is 11.8 Å². The molecule has 0 radical (unpaired) electrons. The summed E-state index contributed by atoms with van der Waals surface area (Å²) < 4.78 is 12.3. The van der Waals surface area contributed by atoms with Crippen molar-refractivity contribution < 1.29 is 9.47 Å². The smallest absolute Gasteiger partial charge is 0.124 e. The molecule has 110 valence electrons. The van der Waals surface area contributed by atoms with Gasteiger partial charge in [-0.05, 0) is 25.2 Å². The molecule has 2 aliphatic heterocycles. The van der Waals surface area contributed by atoms with Crippen LogP contribution in [0.4, 0.5) is 0 Å². The molecule has 2 saturated heterocycles. The first kappa shape index (κ1) is 14.2. The van der Waals surface area contributed by atoms with Crippen molar-refractivity contribution in [2.45, 2.75) is 43.9 Å². The number of hydrogen-bond acceptors (Lipinski definition) is 4. The van der Waals surface area contributed by atoms with Gasteiger partial charge in [-0.3, -0.25) is 0 Å². The van der Waals surface area contributed by atoms with Crippen molar-refractivity contribution in [2.24, 2.45) is 5.73 Å². The molecular formula is C16H23NO2S. The highest BCUT2D eigenvalue weighted by Gasteiger charge is 2.41. The van der Waals surface area contributed by atoms with Gasteiger partial charge < -0.3 is 15.2 Å². The maximum Gasteiger partial charge on any atom is 0.124 e. The SMILES string of the molecule is C[C@H](N)c1ccccc1OC1CCOC2(CCSC2)C1. The van der Waals surface area contributed by atoms with E-state index in [-0.39, 0.29) is 17.7 Å². The summed E-state index contributed by atoms with van der Waals surface area (Å²) >= 11 is 2.00. The summed E-state index contributed by atoms with van der Waals surface area (Å²) in [5, 5.41) is 0. The first-order valence-corrected chi connectivity index (χ1v) is 8.57. The van der Waals surface area contributed by atoms with Gasteiger partial charge in [-0.1, -0.05) is 18.2 Å². The van der Waals surface area contributed by atoms with E-state index < -0.39 is 0 Å². The first-order chi connectivity index (χ1) is 9.69. The van der Waals surface area contributed by atoms with Crippen LogP contribution in [0.3, 0.4) is 0 Å². The van der Waals surface area contributed by atoms with Crippen LogP contribution >= 0.6 is 11.8 Å². The lowest BCUT2D eigenvalue weighted by Gasteiger charge is -2.38. The molecule has 1 spiro atoms. The van der Waals surface area contributed by atoms with E-state index in [0.29, 0.717) is 0 Å². The molecule has 2 unspecified atom stereocenters. The van der Waals surface area contributed by atoms with Crippen molar-refractivity contribution in [3.05, 3.63) is 29.8 Å². The number of rotatable bonds is 3. The Bertz CT molecular complexity index is 458. The van der Waals surface area contributed by atoms with Gasteiger partial charge in [0.2, 0.25) is 0 Å². The monoisotopic (exact) mass is 293 g/mol. The number of ether oxygens (including phenoxy) is 2. The third-order valence-corrected chi connectivity index (χ3v) is 5.44. The molecule has 3 atom stereocenters. The third kappa shape index (κ3) is 2.97. The fraction of sp³-hybridized carbons (Fsp3) is 0.625. The predicted octanol–water partition coefficient (Wildman–Crippen LogP) is 3.14. The van der Waals surface area contributed by atoms with Gasteiger partial charge in [-0.25, -0.2) is 0 Å². The predicted molar refractivity (Wildman–Crippen MR) is 83.3 cm³/mol. The third-order valence-electron chi connectivity index (χ3n) is 4.22. The van der Waals surface area contributed by atoms with E-state index >= 15 is 0 Å². The Labute approximate surface area is 125 Å². The number of para-hydroxylation sites is 1. The van der Waals surface area contributed by atoms with Crippen LogP contribution in [0.5, 0.6) is 5.75 Å². The lowest BCUT2D eigenvalue weighted by atomic mass is 9.91. The minimum absolute atomic E-state index is 0.00189. The molecule has 3 nitrogen and oxygen atoms in total. The van der Waals surface area contributed by atoms with Gasteiger partial charge in [-0.15, -0.1) is 0 Å². The summed E-state index contributed by atoms with van der Waals surface area (Å²) in [6.45, 7) is 2.81. The normalized spacial score (nSPS) is 31.4. The Kier molecular flexibility index (Phi) is 4.24. The van der Waals surface area contributed by atoms with E-state index in [2.05, 4.69) is 6.07 Å². The molecule has 0 aliphatic carbocycles. The number of benzene rings is 1. The minimum Gasteiger partial charge on any atom is -0.490 e. The van der Waals surface area contributed by atoms with Gasteiger partial charge in [0.1, 0.15) is 11.9 Å². The molecule has 1 aromatic carbocycles. The minimum atomic E-state index is 0.00189. The van der Waals surface area contributed by atoms with E-state index in [9.17, 15) is 0 Å². The zero-order chi connectivity index (χ0) is 14.0. The second-order valence-corrected chi connectivity index (χ2v) is 7.00. The van der Waals surface area contributed by atoms with Crippen LogP contribution in [-0.4, -0.2) is 29.8 Å². The van der Waals surface area contributed by atoms with Gasteiger partial charge in [0.25, 0.3) is 0 Å². The van der Waals surface area contributed by atoms with E-state index in [1.807, 2.05) is 36.9 Å². The first-order valence-electron chi connectivity index (χ1n) is 7.41. The van der Waals surface area contributed by atoms with E-state index in [1.165, 1.54) is 5.75 Å². The Morgan fingerprint density at radius 2 is 2.30 bits per heavy atom. The van der Waals surface area contributed by atoms with Crippen LogP contribution in [0.2, 0.25) is 0 Å². The highest BCUT2D eigenvalue weighted by Crippen LogP contribution is 2.39. The lowest BCUT2D eigenvalue weighted by Crippen LogP contribution is -2.44. The summed E-state index contributed by atoms with van der Waals surface area (Å²) in [5.41, 5.74) is 7.19. The lowest BCUT2D eigenvalue weighted by molar-refractivity contribution is -0.0960. The molecule has 0 amide bonds. The largest absolute Gasteiger partial charge is 0.490 e. The highest BCUT2D eigenvalue weighted by molar-refractivity contribution is 7.99. The molecule has 2 heterocycles. The molecule has 2 N–H and O–H groups in total. The second-order valence-electron chi connectivity index (χ2n) is 5.89. The number of nitrogens with two attached hydrogens (primary N) is 1. The zero-order valence-corrected chi connectivity index (χ0v) is 12.8. The summed E-state index contributed by atoms with van der Waals surface area (Å²) in [6, 6.07) is 8.12. The summed E-state index contributed by atoms with van der Waals surface area (Å²) in [6.07, 6.45) is 3.39. The fourth-order valence-electron chi connectivity index (χ4n) is 3.09. The van der Waals surface area contributed by atoms with Crippen LogP contribution < -0.4 is 10.5 Å². The molecule has 4 heteroatoms. The van der Waals surface area contributed by atoms with Crippen LogP contribution in [0.1, 0.15) is 37.8 Å². The molecular weight excluding hydrogens is 270 g/mol. The topological polar surface area (TPSA) is 44.5 Å². The summed E-state index contributed by atoms with van der Waals surface area (Å²) in [4.78, 5) is 0. The fourth-order valence-corrected chi connectivity index (χ4v) is 4.47. The van der Waals surface area contributed by atoms with Crippen molar-refractivity contribution >= 4 is 11.8 Å². The quantitative estimate of drug-likeness (QED) is 0.930. The molecule has 0 saturated carbocycles. The molecule has 3 rings (SSSR count). The van der Waals surface area contributed by atoms with Gasteiger partial charge in [0.05, 0.1) is 12.2 Å². The molecule has 20 heavy (non-hydrogen) atoms. The van der Waals surface area contributed by atoms with Crippen LogP contribution in [0.25, 0.3) is 0 Å². The van der Waals surface area contributed by atoms with Gasteiger partial charge >= 0.3 is 0 Å². The van der Waals surface area contributed by atoms with Crippen molar-refractivity contribution in [2.75, 3.05) is 18.1 Å². The van der Waals surface area contributed by atoms with Gasteiger partial charge in [0, 0.05) is 30.2 Å². The van der Waals surface area contributed by atoms with Crippen molar-refractivity contribution in [1.82, 2.24) is 0 Å². The average molecular weight is 293 g/mol. The molecule has 2 aliphatic rings. The highest BCUT2D eigenvalue weighted by atomic mass is 32.2. The number of thioether (sulfide) groups is 1. The number of hydrogen-bond donors (Lipinski definition) is 1. The van der Waals surface area contributed by atoms with Crippen molar-refractivity contribution in [3.8, 4) is 5.75 Å². The average Bonchev–Trinajstić information content (AvgIpc) is 2.87. The standard InChI is InChI=1S/C16H23NO2S/c1-12(17)14-4-2-3-5-15(14)19-13-6-8-18-16(10-13)7-9-20-11-16/h2-5,12-13H,6-11,17H2,1H3/t12-,13?,16?/m0/s1. The molecule has 0 aromatic heterocycles. The Morgan fingerprint density at radius 3 is 3.05 bits per heavy atom. The summed E-state index contributed by atoms with van der Waals surface area (Å²) in [5.74, 6) is 3.26. The van der Waals surface area contributed by atoms with Crippen molar-refractivity contribution in [1.29, 1.82) is 0 Å². The Morgan fingerprint density at radius 1 is 1.45 bits per heavy atom. The molecule has 0 bridgehead atoms. The summed E-state index contributed by atoms with van der Waals surface area (Å²) in [7, 11) is 0. The van der Waals surface area contributed by atoms with Crippen LogP contribution in [0.15, 0.2) is 24.3 Å². The van der Waals surface area contributed by atoms with Crippen molar-refractivity contribution in [3.63, 3.8) is 0 Å². The van der Waals surface area contributed by atoms with Gasteiger partial charge in [0.15, 0.2) is 0 Å². The Hall–Kier alpha value is -0.710. The van der Waals surface area contributed by atoms with E-state index in [1.54, 1.807) is 0 Å². The molecule has 2 fully saturated rings. The van der Waals surface area contributed by atoms with E-state index in [4.69, 9.17) is 15.2 Å².